The second-order valence-electron chi connectivity index (χ2n) is 7.67. The highest BCUT2D eigenvalue weighted by molar-refractivity contribution is 7.09. The van der Waals surface area contributed by atoms with Crippen LogP contribution in [0.25, 0.3) is 0 Å². The molecule has 2 aromatic heterocycles. The van der Waals surface area contributed by atoms with Crippen LogP contribution in [0, 0.1) is 13.8 Å². The van der Waals surface area contributed by atoms with E-state index in [-0.39, 0.29) is 11.3 Å². The van der Waals surface area contributed by atoms with Crippen LogP contribution in [0.2, 0.25) is 0 Å². The Labute approximate surface area is 170 Å². The average molecular weight is 395 g/mol. The monoisotopic (exact) mass is 394 g/mol. The summed E-state index contributed by atoms with van der Waals surface area (Å²) in [6, 6.07) is 10.6. The molecule has 0 unspecified atom stereocenters. The van der Waals surface area contributed by atoms with Gasteiger partial charge in [0, 0.05) is 42.7 Å². The normalized spacial score (nSPS) is 16.3. The first-order chi connectivity index (χ1) is 13.5. The molecule has 0 N–H and O–H groups in total. The quantitative estimate of drug-likeness (QED) is 0.679. The van der Waals surface area contributed by atoms with E-state index in [1.54, 1.807) is 16.0 Å². The van der Waals surface area contributed by atoms with Gasteiger partial charge in [-0.2, -0.15) is 5.10 Å². The molecule has 0 bridgehead atoms. The fourth-order valence-electron chi connectivity index (χ4n) is 4.27. The van der Waals surface area contributed by atoms with Crippen molar-refractivity contribution in [3.05, 3.63) is 69.4 Å². The van der Waals surface area contributed by atoms with Crippen molar-refractivity contribution in [3.63, 3.8) is 0 Å². The minimum Gasteiger partial charge on any atom is -0.342 e. The van der Waals surface area contributed by atoms with Gasteiger partial charge in [-0.05, 0) is 32.3 Å². The lowest BCUT2D eigenvalue weighted by atomic mass is 9.70. The molecule has 146 valence electrons. The van der Waals surface area contributed by atoms with Crippen molar-refractivity contribution < 1.29 is 4.79 Å². The van der Waals surface area contributed by atoms with E-state index in [0.717, 1.165) is 47.9 Å². The average Bonchev–Trinajstić information content (AvgIpc) is 3.27. The number of aryl methyl sites for hydroxylation is 3. The largest absolute Gasteiger partial charge is 0.342 e. The number of thiazole rings is 1. The second-order valence-corrected chi connectivity index (χ2v) is 8.73. The van der Waals surface area contributed by atoms with E-state index >= 15 is 0 Å². The maximum atomic E-state index is 12.9. The molecule has 0 saturated carbocycles. The predicted molar refractivity (Wildman–Crippen MR) is 112 cm³/mol. The zero-order valence-corrected chi connectivity index (χ0v) is 17.5. The van der Waals surface area contributed by atoms with Crippen LogP contribution in [0.1, 0.15) is 40.4 Å². The van der Waals surface area contributed by atoms with Crippen molar-refractivity contribution in [2.24, 2.45) is 7.05 Å². The summed E-state index contributed by atoms with van der Waals surface area (Å²) in [5, 5.41) is 7.64. The molecule has 5 nitrogen and oxygen atoms in total. The lowest BCUT2D eigenvalue weighted by Gasteiger charge is -2.41. The summed E-state index contributed by atoms with van der Waals surface area (Å²) >= 11 is 1.70. The highest BCUT2D eigenvalue weighted by Gasteiger charge is 2.40. The van der Waals surface area contributed by atoms with E-state index in [0.29, 0.717) is 6.42 Å². The Morgan fingerprint density at radius 3 is 2.46 bits per heavy atom. The van der Waals surface area contributed by atoms with Gasteiger partial charge in [-0.1, -0.05) is 30.3 Å². The summed E-state index contributed by atoms with van der Waals surface area (Å²) in [6.45, 7) is 5.53. The number of benzene rings is 1. The predicted octanol–water partition coefficient (Wildman–Crippen LogP) is 3.64. The van der Waals surface area contributed by atoms with Gasteiger partial charge in [0.2, 0.25) is 5.91 Å². The third-order valence-electron chi connectivity index (χ3n) is 5.86. The van der Waals surface area contributed by atoms with Crippen molar-refractivity contribution >= 4 is 17.2 Å². The number of likely N-dealkylation sites (tertiary alicyclic amines) is 1. The molecule has 0 spiro atoms. The third kappa shape index (κ3) is 3.49. The highest BCUT2D eigenvalue weighted by Crippen LogP contribution is 2.42. The number of piperidine rings is 1. The van der Waals surface area contributed by atoms with Gasteiger partial charge in [-0.3, -0.25) is 9.48 Å². The van der Waals surface area contributed by atoms with Gasteiger partial charge in [0.05, 0.1) is 22.8 Å². The summed E-state index contributed by atoms with van der Waals surface area (Å²) in [5.74, 6) is 0.187. The van der Waals surface area contributed by atoms with Gasteiger partial charge in [0.15, 0.2) is 0 Å². The highest BCUT2D eigenvalue weighted by atomic mass is 32.1. The van der Waals surface area contributed by atoms with E-state index in [2.05, 4.69) is 47.7 Å². The Morgan fingerprint density at radius 2 is 1.89 bits per heavy atom. The number of nitrogens with zero attached hydrogens (tertiary/aromatic N) is 4. The summed E-state index contributed by atoms with van der Waals surface area (Å²) in [4.78, 5) is 19.7. The molecule has 1 aliphatic rings. The van der Waals surface area contributed by atoms with Crippen LogP contribution in [0.5, 0.6) is 0 Å². The summed E-state index contributed by atoms with van der Waals surface area (Å²) in [7, 11) is 1.89. The van der Waals surface area contributed by atoms with Crippen molar-refractivity contribution in [3.8, 4) is 0 Å². The van der Waals surface area contributed by atoms with Crippen LogP contribution in [0.3, 0.4) is 0 Å². The molecule has 1 aliphatic heterocycles. The zero-order valence-electron chi connectivity index (χ0n) is 16.7. The van der Waals surface area contributed by atoms with Crippen LogP contribution in [-0.2, 0) is 23.7 Å². The van der Waals surface area contributed by atoms with Crippen LogP contribution >= 0.6 is 11.3 Å². The molecule has 3 aromatic rings. The number of amides is 1. The van der Waals surface area contributed by atoms with Crippen molar-refractivity contribution in [2.45, 2.75) is 38.5 Å². The molecule has 0 aliphatic carbocycles. The molecule has 1 aromatic carbocycles. The molecule has 28 heavy (non-hydrogen) atoms. The summed E-state index contributed by atoms with van der Waals surface area (Å²) < 4.78 is 1.78. The van der Waals surface area contributed by atoms with Crippen LogP contribution in [-0.4, -0.2) is 38.7 Å². The molecule has 1 saturated heterocycles. The Kier molecular flexibility index (Phi) is 5.06. The minimum absolute atomic E-state index is 0.104. The Hall–Kier alpha value is -2.47. The molecule has 1 amide bonds. The first-order valence-corrected chi connectivity index (χ1v) is 10.6. The number of hydrogen-bond acceptors (Lipinski definition) is 4. The standard InChI is InChI=1S/C22H26N4OS/c1-16-18(14-25(3)24-16)13-21(27)26-11-9-22(10-12-26,19-7-5-4-6-8-19)20-15-28-17(2)23-20/h4-8,14-15H,9-13H2,1-3H3. The van der Waals surface area contributed by atoms with Gasteiger partial charge in [-0.25, -0.2) is 4.98 Å². The SMILES string of the molecule is Cc1nc(C2(c3ccccc3)CCN(C(=O)Cc3cn(C)nc3C)CC2)cs1. The number of rotatable bonds is 4. The van der Waals surface area contributed by atoms with E-state index < -0.39 is 0 Å². The van der Waals surface area contributed by atoms with E-state index in [1.165, 1.54) is 5.56 Å². The Bertz CT molecular complexity index is 968. The first-order valence-electron chi connectivity index (χ1n) is 9.73. The fraction of sp³-hybridized carbons (Fsp3) is 0.409. The lowest BCUT2D eigenvalue weighted by molar-refractivity contribution is -0.131. The summed E-state index contributed by atoms with van der Waals surface area (Å²) in [6.07, 6.45) is 4.17. The van der Waals surface area contributed by atoms with Gasteiger partial charge in [-0.15, -0.1) is 11.3 Å². The molecule has 4 rings (SSSR count). The lowest BCUT2D eigenvalue weighted by Crippen LogP contribution is -2.46. The van der Waals surface area contributed by atoms with Crippen molar-refractivity contribution in [2.75, 3.05) is 13.1 Å². The number of aromatic nitrogens is 3. The van der Waals surface area contributed by atoms with Crippen LogP contribution in [0.4, 0.5) is 0 Å². The molecule has 0 radical (unpaired) electrons. The molecular formula is C22H26N4OS. The van der Waals surface area contributed by atoms with Gasteiger partial charge < -0.3 is 4.90 Å². The van der Waals surface area contributed by atoms with Crippen molar-refractivity contribution in [1.82, 2.24) is 19.7 Å². The minimum atomic E-state index is -0.104. The smallest absolute Gasteiger partial charge is 0.227 e. The van der Waals surface area contributed by atoms with Gasteiger partial charge >= 0.3 is 0 Å². The second kappa shape index (κ2) is 7.51. The molecule has 3 heterocycles. The van der Waals surface area contributed by atoms with Gasteiger partial charge in [0.1, 0.15) is 0 Å². The first kappa shape index (κ1) is 18.9. The topological polar surface area (TPSA) is 51.0 Å². The maximum Gasteiger partial charge on any atom is 0.227 e. The van der Waals surface area contributed by atoms with E-state index in [9.17, 15) is 4.79 Å². The van der Waals surface area contributed by atoms with E-state index in [4.69, 9.17) is 4.98 Å². The van der Waals surface area contributed by atoms with Crippen molar-refractivity contribution in [1.29, 1.82) is 0 Å². The number of carbonyl (C=O) groups is 1. The van der Waals surface area contributed by atoms with E-state index in [1.807, 2.05) is 25.1 Å². The number of hydrogen-bond donors (Lipinski definition) is 0. The van der Waals surface area contributed by atoms with Crippen LogP contribution < -0.4 is 0 Å². The molecule has 1 fully saturated rings. The Balaban J connectivity index is 1.54. The molecule has 0 atom stereocenters. The fourth-order valence-corrected chi connectivity index (χ4v) is 4.98. The molecular weight excluding hydrogens is 368 g/mol. The maximum absolute atomic E-state index is 12.9. The summed E-state index contributed by atoms with van der Waals surface area (Å²) in [5.41, 5.74) is 4.30. The van der Waals surface area contributed by atoms with Gasteiger partial charge in [0.25, 0.3) is 0 Å². The van der Waals surface area contributed by atoms with Crippen LogP contribution in [0.15, 0.2) is 41.9 Å². The Morgan fingerprint density at radius 1 is 1.18 bits per heavy atom. The number of carbonyl (C=O) groups excluding carboxylic acids is 1. The molecule has 6 heteroatoms. The zero-order chi connectivity index (χ0) is 19.7. The third-order valence-corrected chi connectivity index (χ3v) is 6.64.